The number of ketones is 1. The van der Waals surface area contributed by atoms with Crippen LogP contribution in [0.2, 0.25) is 0 Å². The molecule has 0 aromatic rings. The lowest BCUT2D eigenvalue weighted by Crippen LogP contribution is -2.21. The zero-order valence-electron chi connectivity index (χ0n) is 4.70. The Balaban J connectivity index is 4.06. The Morgan fingerprint density at radius 2 is 2.11 bits per heavy atom. The van der Waals surface area contributed by atoms with Crippen molar-refractivity contribution < 1.29 is 13.2 Å². The summed E-state index contributed by atoms with van der Waals surface area (Å²) in [6, 6.07) is 0. The van der Waals surface area contributed by atoms with Gasteiger partial charge in [-0.15, -0.1) is 0 Å². The molecule has 52 valence electrons. The first kappa shape index (κ1) is 8.32. The highest BCUT2D eigenvalue weighted by Gasteiger charge is 2.06. The predicted molar refractivity (Wildman–Crippen MR) is 33.2 cm³/mol. The largest absolute Gasteiger partial charge is 0.294 e. The highest BCUT2D eigenvalue weighted by Crippen LogP contribution is 1.79. The molecule has 0 unspecified atom stereocenters. The van der Waals surface area contributed by atoms with Crippen LogP contribution in [0.3, 0.4) is 0 Å². The van der Waals surface area contributed by atoms with Crippen molar-refractivity contribution in [2.75, 3.05) is 5.75 Å². The van der Waals surface area contributed by atoms with Crippen molar-refractivity contribution in [2.45, 2.75) is 0 Å². The first-order chi connectivity index (χ1) is 3.95. The highest BCUT2D eigenvalue weighted by molar-refractivity contribution is 7.89. The van der Waals surface area contributed by atoms with E-state index in [1.165, 1.54) is 0 Å². The molecule has 0 saturated carbocycles. The molecule has 0 saturated heterocycles. The lowest BCUT2D eigenvalue weighted by atomic mass is 10.5. The molecule has 0 radical (unpaired) electrons. The topological polar surface area (TPSA) is 77.2 Å². The maximum atomic E-state index is 10.3. The Bertz CT molecular complexity index is 216. The number of hydrogen-bond acceptors (Lipinski definition) is 3. The van der Waals surface area contributed by atoms with Crippen LogP contribution in [0.15, 0.2) is 12.7 Å². The fourth-order valence-electron chi connectivity index (χ4n) is 0.257. The van der Waals surface area contributed by atoms with E-state index in [2.05, 4.69) is 11.7 Å². The van der Waals surface area contributed by atoms with Gasteiger partial charge in [-0.25, -0.2) is 13.6 Å². The van der Waals surface area contributed by atoms with Crippen molar-refractivity contribution in [3.63, 3.8) is 0 Å². The third-order valence-electron chi connectivity index (χ3n) is 0.571. The van der Waals surface area contributed by atoms with E-state index < -0.39 is 21.6 Å². The molecule has 0 aliphatic heterocycles. The minimum atomic E-state index is -3.66. The monoisotopic (exact) mass is 149 g/mol. The molecule has 0 rings (SSSR count). The first-order valence-electron chi connectivity index (χ1n) is 2.11. The van der Waals surface area contributed by atoms with E-state index in [0.29, 0.717) is 0 Å². The van der Waals surface area contributed by atoms with Gasteiger partial charge in [0, 0.05) is 0 Å². The van der Waals surface area contributed by atoms with Gasteiger partial charge in [-0.05, 0) is 6.08 Å². The molecular weight excluding hydrogens is 142 g/mol. The maximum Gasteiger partial charge on any atom is 0.216 e. The van der Waals surface area contributed by atoms with Gasteiger partial charge < -0.3 is 0 Å². The highest BCUT2D eigenvalue weighted by atomic mass is 32.2. The molecule has 0 amide bonds. The second-order valence-electron chi connectivity index (χ2n) is 1.48. The summed E-state index contributed by atoms with van der Waals surface area (Å²) in [5, 5.41) is 4.52. The second kappa shape index (κ2) is 2.75. The van der Waals surface area contributed by atoms with Gasteiger partial charge in [0.1, 0.15) is 5.75 Å². The molecule has 5 heteroatoms. The summed E-state index contributed by atoms with van der Waals surface area (Å²) in [6.45, 7) is 3.08. The van der Waals surface area contributed by atoms with Crippen molar-refractivity contribution in [1.82, 2.24) is 0 Å². The summed E-state index contributed by atoms with van der Waals surface area (Å²) < 4.78 is 20.2. The zero-order valence-corrected chi connectivity index (χ0v) is 5.52. The van der Waals surface area contributed by atoms with Gasteiger partial charge in [0.2, 0.25) is 10.0 Å². The Morgan fingerprint density at radius 3 is 2.22 bits per heavy atom. The fraction of sp³-hybridized carbons (Fsp3) is 0.250. The molecule has 9 heavy (non-hydrogen) atoms. The smallest absolute Gasteiger partial charge is 0.216 e. The number of carbonyl (C=O) groups excluding carboxylic acids is 1. The lowest BCUT2D eigenvalue weighted by molar-refractivity contribution is -0.112. The van der Waals surface area contributed by atoms with Crippen LogP contribution in [0.1, 0.15) is 0 Å². The van der Waals surface area contributed by atoms with Crippen LogP contribution in [0, 0.1) is 0 Å². The molecule has 0 atom stereocenters. The molecule has 0 bridgehead atoms. The van der Waals surface area contributed by atoms with Gasteiger partial charge in [-0.3, -0.25) is 4.79 Å². The minimum absolute atomic E-state index is 0.586. The number of hydrogen-bond donors (Lipinski definition) is 1. The number of sulfonamides is 1. The van der Waals surface area contributed by atoms with Crippen molar-refractivity contribution in [2.24, 2.45) is 5.14 Å². The minimum Gasteiger partial charge on any atom is -0.294 e. The SMILES string of the molecule is C=CC(=O)CS(N)(=O)=O. The van der Waals surface area contributed by atoms with E-state index in [1.54, 1.807) is 0 Å². The summed E-state index contributed by atoms with van der Waals surface area (Å²) in [5.74, 6) is -1.24. The van der Waals surface area contributed by atoms with E-state index >= 15 is 0 Å². The van der Waals surface area contributed by atoms with Crippen molar-refractivity contribution in [3.05, 3.63) is 12.7 Å². The molecule has 0 aliphatic rings. The third-order valence-corrected chi connectivity index (χ3v) is 1.26. The van der Waals surface area contributed by atoms with Crippen LogP contribution in [0.5, 0.6) is 0 Å². The van der Waals surface area contributed by atoms with E-state index in [1.807, 2.05) is 0 Å². The summed E-state index contributed by atoms with van der Waals surface area (Å²) >= 11 is 0. The van der Waals surface area contributed by atoms with Crippen LogP contribution in [0.4, 0.5) is 0 Å². The molecular formula is C4H7NO3S. The number of nitrogens with two attached hydrogens (primary N) is 1. The number of primary sulfonamides is 1. The quantitative estimate of drug-likeness (QED) is 0.524. The molecule has 0 fully saturated rings. The molecule has 0 heterocycles. The normalized spacial score (nSPS) is 10.8. The van der Waals surface area contributed by atoms with Gasteiger partial charge in [0.05, 0.1) is 0 Å². The van der Waals surface area contributed by atoms with Gasteiger partial charge >= 0.3 is 0 Å². The van der Waals surface area contributed by atoms with Crippen LogP contribution < -0.4 is 5.14 Å². The van der Waals surface area contributed by atoms with Crippen LogP contribution in [0.25, 0.3) is 0 Å². The van der Waals surface area contributed by atoms with Crippen LogP contribution in [-0.2, 0) is 14.8 Å². The van der Waals surface area contributed by atoms with Gasteiger partial charge in [0.25, 0.3) is 0 Å². The number of allylic oxidation sites excluding steroid dienone is 1. The average Bonchev–Trinajstić information content (AvgIpc) is 1.62. The zero-order chi connectivity index (χ0) is 7.49. The molecule has 0 aromatic carbocycles. The fourth-order valence-corrected chi connectivity index (χ4v) is 0.772. The summed E-state index contributed by atoms with van der Waals surface area (Å²) in [6.07, 6.45) is 0.921. The van der Waals surface area contributed by atoms with Crippen LogP contribution in [-0.4, -0.2) is 20.0 Å². The van der Waals surface area contributed by atoms with E-state index in [9.17, 15) is 13.2 Å². The van der Waals surface area contributed by atoms with Crippen LogP contribution >= 0.6 is 0 Å². The predicted octanol–water partition coefficient (Wildman–Crippen LogP) is -0.970. The lowest BCUT2D eigenvalue weighted by Gasteiger charge is -1.88. The van der Waals surface area contributed by atoms with Crippen molar-refractivity contribution in [1.29, 1.82) is 0 Å². The second-order valence-corrected chi connectivity index (χ2v) is 3.09. The Labute approximate surface area is 53.4 Å². The van der Waals surface area contributed by atoms with Gasteiger partial charge in [-0.2, -0.15) is 0 Å². The van der Waals surface area contributed by atoms with Crippen molar-refractivity contribution >= 4 is 15.8 Å². The standard InChI is InChI=1S/C4H7NO3S/c1-2-4(6)3-9(5,7)8/h2H,1,3H2,(H2,5,7,8). The van der Waals surface area contributed by atoms with E-state index in [4.69, 9.17) is 0 Å². The number of carbonyl (C=O) groups is 1. The maximum absolute atomic E-state index is 10.3. The van der Waals surface area contributed by atoms with E-state index in [-0.39, 0.29) is 0 Å². The van der Waals surface area contributed by atoms with Crippen molar-refractivity contribution in [3.8, 4) is 0 Å². The molecule has 0 aliphatic carbocycles. The Hall–Kier alpha value is -0.680. The Kier molecular flexibility index (Phi) is 2.54. The average molecular weight is 149 g/mol. The molecule has 4 nitrogen and oxygen atoms in total. The summed E-state index contributed by atoms with van der Waals surface area (Å²) in [5.41, 5.74) is 0. The summed E-state index contributed by atoms with van der Waals surface area (Å²) in [7, 11) is -3.66. The third kappa shape index (κ3) is 5.19. The summed E-state index contributed by atoms with van der Waals surface area (Å²) in [4.78, 5) is 10.3. The van der Waals surface area contributed by atoms with Gasteiger partial charge in [-0.1, -0.05) is 6.58 Å². The molecule has 0 spiro atoms. The number of rotatable bonds is 3. The van der Waals surface area contributed by atoms with E-state index in [0.717, 1.165) is 6.08 Å². The Morgan fingerprint density at radius 1 is 1.67 bits per heavy atom. The molecule has 2 N–H and O–H groups in total. The molecule has 0 aromatic heterocycles. The first-order valence-corrected chi connectivity index (χ1v) is 3.83. The van der Waals surface area contributed by atoms with Gasteiger partial charge in [0.15, 0.2) is 5.78 Å².